The highest BCUT2D eigenvalue weighted by Gasteiger charge is 2.21. The predicted octanol–water partition coefficient (Wildman–Crippen LogP) is 5.17. The van der Waals surface area contributed by atoms with Crippen LogP contribution in [0.1, 0.15) is 29.8 Å². The number of aromatic hydroxyl groups is 1. The lowest BCUT2D eigenvalue weighted by Crippen LogP contribution is -2.23. The van der Waals surface area contributed by atoms with E-state index in [1.807, 2.05) is 31.3 Å². The maximum atomic E-state index is 12.7. The van der Waals surface area contributed by atoms with Crippen LogP contribution < -0.4 is 9.80 Å². The molecule has 0 bridgehead atoms. The number of fused-ring (bicyclic) bond motifs is 1. The molecular weight excluding hydrogens is 374 g/mol. The molecule has 0 radical (unpaired) electrons. The van der Waals surface area contributed by atoms with E-state index in [2.05, 4.69) is 48.8 Å². The largest absolute Gasteiger partial charge is 0.506 e. The van der Waals surface area contributed by atoms with Crippen LogP contribution in [-0.4, -0.2) is 50.1 Å². The molecule has 3 aromatic carbocycles. The molecule has 3 aromatic rings. The molecule has 30 heavy (non-hydrogen) atoms. The standard InChI is InChI=1S/C25H31N3O2/c1-7-28(8-2)18-13-14-22(17(3)15-18)27(6)23-16-21(25(30)26(4)5)24(29)20-12-10-9-11-19(20)23/h9-16,29H,7-8H2,1-6H3. The van der Waals surface area contributed by atoms with Crippen molar-refractivity contribution in [3.05, 3.63) is 59.7 Å². The van der Waals surface area contributed by atoms with Gasteiger partial charge in [-0.25, -0.2) is 0 Å². The minimum absolute atomic E-state index is 0.0232. The van der Waals surface area contributed by atoms with Gasteiger partial charge < -0.3 is 19.8 Å². The van der Waals surface area contributed by atoms with E-state index >= 15 is 0 Å². The van der Waals surface area contributed by atoms with Crippen molar-refractivity contribution >= 4 is 33.7 Å². The number of carbonyl (C=O) groups excluding carboxylic acids is 1. The molecule has 0 aliphatic carbocycles. The summed E-state index contributed by atoms with van der Waals surface area (Å²) in [6.07, 6.45) is 0. The topological polar surface area (TPSA) is 47.0 Å². The number of rotatable bonds is 6. The van der Waals surface area contributed by atoms with Gasteiger partial charge in [0.1, 0.15) is 5.75 Å². The Bertz CT molecular complexity index is 1070. The molecule has 158 valence electrons. The average molecular weight is 406 g/mol. The van der Waals surface area contributed by atoms with Crippen LogP contribution in [0.3, 0.4) is 0 Å². The molecule has 0 fully saturated rings. The number of carbonyl (C=O) groups is 1. The molecule has 0 heterocycles. The molecule has 0 aliphatic rings. The second-order valence-corrected chi connectivity index (χ2v) is 7.74. The molecule has 1 amide bonds. The van der Waals surface area contributed by atoms with Crippen LogP contribution in [0, 0.1) is 6.92 Å². The summed E-state index contributed by atoms with van der Waals surface area (Å²) in [5.41, 5.74) is 4.60. The fourth-order valence-electron chi connectivity index (χ4n) is 3.95. The highest BCUT2D eigenvalue weighted by Crippen LogP contribution is 2.40. The monoisotopic (exact) mass is 405 g/mol. The van der Waals surface area contributed by atoms with Crippen molar-refractivity contribution < 1.29 is 9.90 Å². The van der Waals surface area contributed by atoms with Crippen molar-refractivity contribution in [2.24, 2.45) is 0 Å². The molecule has 0 saturated heterocycles. The number of hydrogen-bond acceptors (Lipinski definition) is 4. The first kappa shape index (κ1) is 21.5. The van der Waals surface area contributed by atoms with Crippen LogP contribution in [0.25, 0.3) is 10.8 Å². The lowest BCUT2D eigenvalue weighted by Gasteiger charge is -2.27. The summed E-state index contributed by atoms with van der Waals surface area (Å²) in [6, 6.07) is 15.9. The zero-order valence-electron chi connectivity index (χ0n) is 18.7. The highest BCUT2D eigenvalue weighted by molar-refractivity contribution is 6.09. The van der Waals surface area contributed by atoms with Gasteiger partial charge in [-0.1, -0.05) is 24.3 Å². The number of nitrogens with zero attached hydrogens (tertiary/aromatic N) is 3. The van der Waals surface area contributed by atoms with Crippen LogP contribution in [0.2, 0.25) is 0 Å². The van der Waals surface area contributed by atoms with Crippen LogP contribution in [0.15, 0.2) is 48.5 Å². The van der Waals surface area contributed by atoms with E-state index in [0.717, 1.165) is 35.4 Å². The second-order valence-electron chi connectivity index (χ2n) is 7.74. The molecule has 0 saturated carbocycles. The Hall–Kier alpha value is -3.21. The third-order valence-electron chi connectivity index (χ3n) is 5.66. The molecule has 0 spiro atoms. The number of hydrogen-bond donors (Lipinski definition) is 1. The first-order valence-corrected chi connectivity index (χ1v) is 10.4. The zero-order chi connectivity index (χ0) is 22.0. The van der Waals surface area contributed by atoms with Gasteiger partial charge in [-0.15, -0.1) is 0 Å². The lowest BCUT2D eigenvalue weighted by atomic mass is 10.0. The fraction of sp³-hybridized carbons (Fsp3) is 0.320. The van der Waals surface area contributed by atoms with Gasteiger partial charge in [0.2, 0.25) is 0 Å². The highest BCUT2D eigenvalue weighted by atomic mass is 16.3. The molecule has 0 atom stereocenters. The lowest BCUT2D eigenvalue weighted by molar-refractivity contribution is 0.0825. The summed E-state index contributed by atoms with van der Waals surface area (Å²) >= 11 is 0. The van der Waals surface area contributed by atoms with E-state index in [-0.39, 0.29) is 11.7 Å². The van der Waals surface area contributed by atoms with Crippen molar-refractivity contribution in [3.8, 4) is 5.75 Å². The molecular formula is C25H31N3O2. The Morgan fingerprint density at radius 3 is 2.10 bits per heavy atom. The maximum Gasteiger partial charge on any atom is 0.257 e. The van der Waals surface area contributed by atoms with E-state index < -0.39 is 0 Å². The van der Waals surface area contributed by atoms with Gasteiger partial charge >= 0.3 is 0 Å². The van der Waals surface area contributed by atoms with E-state index in [0.29, 0.717) is 10.9 Å². The smallest absolute Gasteiger partial charge is 0.257 e. The Labute approximate surface area is 179 Å². The van der Waals surface area contributed by atoms with Crippen molar-refractivity contribution in [2.75, 3.05) is 44.0 Å². The van der Waals surface area contributed by atoms with Gasteiger partial charge in [0.15, 0.2) is 0 Å². The van der Waals surface area contributed by atoms with Crippen LogP contribution in [-0.2, 0) is 0 Å². The number of aryl methyl sites for hydroxylation is 1. The summed E-state index contributed by atoms with van der Waals surface area (Å²) in [4.78, 5) is 18.6. The SMILES string of the molecule is CCN(CC)c1ccc(N(C)c2cc(C(=O)N(C)C)c(O)c3ccccc23)c(C)c1. The molecule has 0 unspecified atom stereocenters. The van der Waals surface area contributed by atoms with Gasteiger partial charge in [-0.05, 0) is 50.6 Å². The molecule has 0 aromatic heterocycles. The fourth-order valence-corrected chi connectivity index (χ4v) is 3.95. The molecule has 3 rings (SSSR count). The minimum Gasteiger partial charge on any atom is -0.506 e. The van der Waals surface area contributed by atoms with Gasteiger partial charge in [0.25, 0.3) is 5.91 Å². The maximum absolute atomic E-state index is 12.7. The third kappa shape index (κ3) is 3.80. The number of phenolic OH excluding ortho intramolecular Hbond substituents is 1. The van der Waals surface area contributed by atoms with Crippen molar-refractivity contribution in [1.82, 2.24) is 4.90 Å². The van der Waals surface area contributed by atoms with E-state index in [1.165, 1.54) is 10.6 Å². The van der Waals surface area contributed by atoms with Crippen LogP contribution in [0.5, 0.6) is 5.75 Å². The summed E-state index contributed by atoms with van der Waals surface area (Å²) in [6.45, 7) is 8.34. The van der Waals surface area contributed by atoms with Gasteiger partial charge in [-0.2, -0.15) is 0 Å². The first-order chi connectivity index (χ1) is 14.3. The van der Waals surface area contributed by atoms with Crippen molar-refractivity contribution in [3.63, 3.8) is 0 Å². The number of benzene rings is 3. The number of amides is 1. The average Bonchev–Trinajstić information content (AvgIpc) is 2.74. The predicted molar refractivity (Wildman–Crippen MR) is 126 cm³/mol. The zero-order valence-corrected chi connectivity index (χ0v) is 18.7. The van der Waals surface area contributed by atoms with Crippen molar-refractivity contribution in [2.45, 2.75) is 20.8 Å². The van der Waals surface area contributed by atoms with E-state index in [1.54, 1.807) is 20.2 Å². The van der Waals surface area contributed by atoms with Gasteiger partial charge in [-0.3, -0.25) is 4.79 Å². The Morgan fingerprint density at radius 1 is 0.900 bits per heavy atom. The third-order valence-corrected chi connectivity index (χ3v) is 5.66. The van der Waals surface area contributed by atoms with E-state index in [9.17, 15) is 9.90 Å². The van der Waals surface area contributed by atoms with E-state index in [4.69, 9.17) is 0 Å². The normalized spacial score (nSPS) is 10.9. The summed E-state index contributed by atoms with van der Waals surface area (Å²) < 4.78 is 0. The number of phenols is 1. The van der Waals surface area contributed by atoms with Gasteiger partial charge in [0, 0.05) is 62.1 Å². The Morgan fingerprint density at radius 2 is 1.53 bits per heavy atom. The molecule has 1 N–H and O–H groups in total. The van der Waals surface area contributed by atoms with Crippen LogP contribution in [0.4, 0.5) is 17.1 Å². The first-order valence-electron chi connectivity index (χ1n) is 10.4. The Kier molecular flexibility index (Phi) is 6.20. The summed E-state index contributed by atoms with van der Waals surface area (Å²) in [5.74, 6) is -0.198. The molecule has 5 nitrogen and oxygen atoms in total. The molecule has 5 heteroatoms. The number of anilines is 3. The van der Waals surface area contributed by atoms with Crippen LogP contribution >= 0.6 is 0 Å². The minimum atomic E-state index is -0.221. The summed E-state index contributed by atoms with van der Waals surface area (Å²) in [7, 11) is 5.38. The Balaban J connectivity index is 2.16. The van der Waals surface area contributed by atoms with Crippen molar-refractivity contribution in [1.29, 1.82) is 0 Å². The quantitative estimate of drug-likeness (QED) is 0.615. The second kappa shape index (κ2) is 8.66. The molecule has 0 aliphatic heterocycles. The van der Waals surface area contributed by atoms with Gasteiger partial charge in [0.05, 0.1) is 5.56 Å². The summed E-state index contributed by atoms with van der Waals surface area (Å²) in [5, 5.41) is 12.4.